The third-order valence-electron chi connectivity index (χ3n) is 3.77. The molecule has 3 nitrogen and oxygen atoms in total. The van der Waals surface area contributed by atoms with Gasteiger partial charge in [0.25, 0.3) is 0 Å². The van der Waals surface area contributed by atoms with E-state index in [4.69, 9.17) is 27.9 Å². The van der Waals surface area contributed by atoms with Gasteiger partial charge in [-0.15, -0.1) is 0 Å². The third kappa shape index (κ3) is 3.67. The van der Waals surface area contributed by atoms with E-state index >= 15 is 0 Å². The standard InChI is InChI=1S/C17H18Cl2N2O/c18-16-2-1-3-17(19)15(16)12-20-13-4-6-14(7-5-13)21-8-10-22-11-9-21/h1-7,20H,8-12H2. The van der Waals surface area contributed by atoms with E-state index in [1.165, 1.54) is 5.69 Å². The monoisotopic (exact) mass is 336 g/mol. The molecule has 0 saturated carbocycles. The van der Waals surface area contributed by atoms with Crippen LogP contribution in [0.1, 0.15) is 5.56 Å². The lowest BCUT2D eigenvalue weighted by Crippen LogP contribution is -2.36. The molecule has 3 rings (SSSR count). The molecular formula is C17H18Cl2N2O. The summed E-state index contributed by atoms with van der Waals surface area (Å²) in [6, 6.07) is 14.0. The van der Waals surface area contributed by atoms with Gasteiger partial charge in [-0.1, -0.05) is 29.3 Å². The van der Waals surface area contributed by atoms with Crippen molar-refractivity contribution in [1.82, 2.24) is 0 Å². The van der Waals surface area contributed by atoms with Gasteiger partial charge in [-0.05, 0) is 36.4 Å². The van der Waals surface area contributed by atoms with Crippen molar-refractivity contribution >= 4 is 34.6 Å². The first-order chi connectivity index (χ1) is 10.7. The maximum absolute atomic E-state index is 6.18. The van der Waals surface area contributed by atoms with Gasteiger partial charge in [0.05, 0.1) is 13.2 Å². The molecule has 0 spiro atoms. The smallest absolute Gasteiger partial charge is 0.0642 e. The number of nitrogens with one attached hydrogen (secondary N) is 1. The molecule has 22 heavy (non-hydrogen) atoms. The number of benzene rings is 2. The average molecular weight is 337 g/mol. The molecule has 1 fully saturated rings. The minimum absolute atomic E-state index is 0.607. The quantitative estimate of drug-likeness (QED) is 0.893. The number of morpholine rings is 1. The van der Waals surface area contributed by atoms with E-state index in [9.17, 15) is 0 Å². The van der Waals surface area contributed by atoms with Crippen molar-refractivity contribution in [2.45, 2.75) is 6.54 Å². The zero-order valence-corrected chi connectivity index (χ0v) is 13.7. The lowest BCUT2D eigenvalue weighted by Gasteiger charge is -2.29. The molecule has 1 saturated heterocycles. The van der Waals surface area contributed by atoms with Gasteiger partial charge in [0, 0.05) is 46.6 Å². The Morgan fingerprint density at radius 2 is 1.59 bits per heavy atom. The van der Waals surface area contributed by atoms with Crippen molar-refractivity contribution in [2.75, 3.05) is 36.5 Å². The highest BCUT2D eigenvalue weighted by atomic mass is 35.5. The molecule has 0 atom stereocenters. The van der Waals surface area contributed by atoms with Crippen molar-refractivity contribution in [2.24, 2.45) is 0 Å². The van der Waals surface area contributed by atoms with Gasteiger partial charge in [-0.2, -0.15) is 0 Å². The number of rotatable bonds is 4. The Hall–Kier alpha value is -1.42. The molecule has 0 aliphatic carbocycles. The fourth-order valence-corrected chi connectivity index (χ4v) is 3.03. The Morgan fingerprint density at radius 3 is 2.23 bits per heavy atom. The molecule has 1 N–H and O–H groups in total. The summed E-state index contributed by atoms with van der Waals surface area (Å²) in [6.07, 6.45) is 0. The second-order valence-corrected chi connectivity index (χ2v) is 6.01. The fraction of sp³-hybridized carbons (Fsp3) is 0.294. The summed E-state index contributed by atoms with van der Waals surface area (Å²) < 4.78 is 5.38. The highest BCUT2D eigenvalue weighted by Crippen LogP contribution is 2.26. The molecule has 0 unspecified atom stereocenters. The molecule has 1 heterocycles. The number of halogens is 2. The van der Waals surface area contributed by atoms with Crippen LogP contribution in [0.15, 0.2) is 42.5 Å². The maximum atomic E-state index is 6.18. The molecule has 5 heteroatoms. The zero-order chi connectivity index (χ0) is 15.4. The molecule has 2 aromatic rings. The van der Waals surface area contributed by atoms with Crippen LogP contribution in [0, 0.1) is 0 Å². The highest BCUT2D eigenvalue weighted by Gasteiger charge is 2.11. The second-order valence-electron chi connectivity index (χ2n) is 5.20. The number of hydrogen-bond donors (Lipinski definition) is 1. The first-order valence-corrected chi connectivity index (χ1v) is 8.09. The number of hydrogen-bond acceptors (Lipinski definition) is 3. The topological polar surface area (TPSA) is 24.5 Å². The Bertz CT molecular complexity index is 605. The average Bonchev–Trinajstić information content (AvgIpc) is 2.56. The molecule has 0 amide bonds. The number of anilines is 2. The normalized spacial score (nSPS) is 14.9. The van der Waals surface area contributed by atoms with E-state index in [0.717, 1.165) is 37.6 Å². The van der Waals surface area contributed by atoms with Gasteiger partial charge in [0.15, 0.2) is 0 Å². The van der Waals surface area contributed by atoms with Crippen molar-refractivity contribution in [3.63, 3.8) is 0 Å². The number of ether oxygens (including phenoxy) is 1. The largest absolute Gasteiger partial charge is 0.381 e. The van der Waals surface area contributed by atoms with Gasteiger partial charge in [0.2, 0.25) is 0 Å². The summed E-state index contributed by atoms with van der Waals surface area (Å²) in [7, 11) is 0. The lowest BCUT2D eigenvalue weighted by atomic mass is 10.2. The van der Waals surface area contributed by atoms with E-state index in [0.29, 0.717) is 16.6 Å². The van der Waals surface area contributed by atoms with Crippen LogP contribution in [-0.4, -0.2) is 26.3 Å². The van der Waals surface area contributed by atoms with Crippen molar-refractivity contribution in [3.05, 3.63) is 58.1 Å². The minimum Gasteiger partial charge on any atom is -0.381 e. The molecular weight excluding hydrogens is 319 g/mol. The molecule has 0 radical (unpaired) electrons. The summed E-state index contributed by atoms with van der Waals surface area (Å²) in [6.45, 7) is 4.09. The Morgan fingerprint density at radius 1 is 0.955 bits per heavy atom. The van der Waals surface area contributed by atoms with Crippen LogP contribution in [0.4, 0.5) is 11.4 Å². The van der Waals surface area contributed by atoms with Crippen LogP contribution in [-0.2, 0) is 11.3 Å². The summed E-state index contributed by atoms with van der Waals surface area (Å²) in [5, 5.41) is 4.73. The SMILES string of the molecule is Clc1cccc(Cl)c1CNc1ccc(N2CCOCC2)cc1. The van der Waals surface area contributed by atoms with Gasteiger partial charge in [-0.25, -0.2) is 0 Å². The van der Waals surface area contributed by atoms with Crippen LogP contribution < -0.4 is 10.2 Å². The van der Waals surface area contributed by atoms with E-state index in [-0.39, 0.29) is 0 Å². The Kier molecular flexibility index (Phi) is 5.08. The van der Waals surface area contributed by atoms with Crippen LogP contribution in [0.5, 0.6) is 0 Å². The predicted molar refractivity (Wildman–Crippen MR) is 93.3 cm³/mol. The van der Waals surface area contributed by atoms with E-state index in [2.05, 4.69) is 34.5 Å². The Balaban J connectivity index is 1.64. The van der Waals surface area contributed by atoms with Gasteiger partial charge in [0.1, 0.15) is 0 Å². The molecule has 0 aromatic heterocycles. The van der Waals surface area contributed by atoms with Crippen molar-refractivity contribution in [1.29, 1.82) is 0 Å². The molecule has 0 bridgehead atoms. The molecule has 1 aliphatic rings. The van der Waals surface area contributed by atoms with Gasteiger partial charge in [-0.3, -0.25) is 0 Å². The van der Waals surface area contributed by atoms with Crippen LogP contribution in [0.3, 0.4) is 0 Å². The Labute approximate surface area is 140 Å². The maximum Gasteiger partial charge on any atom is 0.0642 e. The molecule has 116 valence electrons. The van der Waals surface area contributed by atoms with E-state index in [1.54, 1.807) is 0 Å². The van der Waals surface area contributed by atoms with Crippen LogP contribution in [0.2, 0.25) is 10.0 Å². The van der Waals surface area contributed by atoms with Crippen molar-refractivity contribution < 1.29 is 4.74 Å². The van der Waals surface area contributed by atoms with Crippen molar-refractivity contribution in [3.8, 4) is 0 Å². The first-order valence-electron chi connectivity index (χ1n) is 7.33. The third-order valence-corrected chi connectivity index (χ3v) is 4.48. The highest BCUT2D eigenvalue weighted by molar-refractivity contribution is 6.36. The van der Waals surface area contributed by atoms with E-state index in [1.807, 2.05) is 18.2 Å². The van der Waals surface area contributed by atoms with Crippen LogP contribution >= 0.6 is 23.2 Å². The minimum atomic E-state index is 0.607. The lowest BCUT2D eigenvalue weighted by molar-refractivity contribution is 0.122. The fourth-order valence-electron chi connectivity index (χ4n) is 2.50. The van der Waals surface area contributed by atoms with Gasteiger partial charge < -0.3 is 15.0 Å². The van der Waals surface area contributed by atoms with Gasteiger partial charge >= 0.3 is 0 Å². The predicted octanol–water partition coefficient (Wildman–Crippen LogP) is 4.44. The summed E-state index contributed by atoms with van der Waals surface area (Å²) in [4.78, 5) is 2.33. The van der Waals surface area contributed by atoms with E-state index < -0.39 is 0 Å². The molecule has 1 aliphatic heterocycles. The summed E-state index contributed by atoms with van der Waals surface area (Å²) in [5.74, 6) is 0. The second kappa shape index (κ2) is 7.23. The number of nitrogens with zero attached hydrogens (tertiary/aromatic N) is 1. The summed E-state index contributed by atoms with van der Waals surface area (Å²) >= 11 is 12.4. The van der Waals surface area contributed by atoms with Crippen LogP contribution in [0.25, 0.3) is 0 Å². The molecule has 2 aromatic carbocycles. The zero-order valence-electron chi connectivity index (χ0n) is 12.2. The summed E-state index contributed by atoms with van der Waals surface area (Å²) in [5.41, 5.74) is 3.20. The first kappa shape index (κ1) is 15.5.